The van der Waals surface area contributed by atoms with Gasteiger partial charge in [0.1, 0.15) is 5.69 Å². The van der Waals surface area contributed by atoms with Gasteiger partial charge in [-0.25, -0.2) is 19.3 Å². The fourth-order valence-corrected chi connectivity index (χ4v) is 5.66. The molecule has 0 amide bonds. The Morgan fingerprint density at radius 2 is 1.95 bits per heavy atom. The number of halogens is 2. The van der Waals surface area contributed by atoms with Crippen LogP contribution in [0.1, 0.15) is 5.56 Å². The molecule has 0 atom stereocenters. The molecule has 1 fully saturated rings. The second kappa shape index (κ2) is 10.9. The summed E-state index contributed by atoms with van der Waals surface area (Å²) in [5.74, 6) is -0.728. The summed E-state index contributed by atoms with van der Waals surface area (Å²) >= 11 is 1.42. The SMILES string of the molecule is Fc1cc(-c2cccc3cc(-c4nc(NCCn5ccnn5)ncc4F)sc23)c(CN2CCOCC2)cn1. The van der Waals surface area contributed by atoms with Crippen LogP contribution in [-0.2, 0) is 17.8 Å². The first-order valence-corrected chi connectivity index (χ1v) is 13.0. The van der Waals surface area contributed by atoms with Crippen molar-refractivity contribution in [1.29, 1.82) is 0 Å². The molecule has 38 heavy (non-hydrogen) atoms. The zero-order chi connectivity index (χ0) is 25.9. The average molecular weight is 535 g/mol. The smallest absolute Gasteiger partial charge is 0.223 e. The Kier molecular flexibility index (Phi) is 6.99. The monoisotopic (exact) mass is 534 g/mol. The minimum Gasteiger partial charge on any atom is -0.379 e. The van der Waals surface area contributed by atoms with E-state index >= 15 is 0 Å². The highest BCUT2D eigenvalue weighted by Crippen LogP contribution is 2.40. The lowest BCUT2D eigenvalue weighted by Gasteiger charge is -2.27. The second-order valence-electron chi connectivity index (χ2n) is 8.87. The number of morpholine rings is 1. The molecule has 0 aliphatic carbocycles. The van der Waals surface area contributed by atoms with E-state index in [0.29, 0.717) is 43.7 Å². The van der Waals surface area contributed by atoms with Gasteiger partial charge < -0.3 is 10.1 Å². The number of nitrogens with one attached hydrogen (secondary N) is 1. The molecule has 12 heteroatoms. The second-order valence-corrected chi connectivity index (χ2v) is 9.92. The number of fused-ring (bicyclic) bond motifs is 1. The number of thiophene rings is 1. The van der Waals surface area contributed by atoms with Gasteiger partial charge in [-0.15, -0.1) is 16.4 Å². The van der Waals surface area contributed by atoms with Gasteiger partial charge in [0.05, 0.1) is 37.0 Å². The Balaban J connectivity index is 1.32. The van der Waals surface area contributed by atoms with Crippen LogP contribution in [0, 0.1) is 11.8 Å². The molecular formula is C26H24F2N8OS. The van der Waals surface area contributed by atoms with Gasteiger partial charge in [-0.3, -0.25) is 9.58 Å². The molecule has 6 rings (SSSR count). The van der Waals surface area contributed by atoms with Crippen molar-refractivity contribution < 1.29 is 13.5 Å². The number of hydrogen-bond donors (Lipinski definition) is 1. The third-order valence-corrected chi connectivity index (χ3v) is 7.55. The molecule has 0 unspecified atom stereocenters. The zero-order valence-electron chi connectivity index (χ0n) is 20.3. The van der Waals surface area contributed by atoms with E-state index in [1.54, 1.807) is 23.3 Å². The van der Waals surface area contributed by atoms with Crippen LogP contribution in [0.5, 0.6) is 0 Å². The van der Waals surface area contributed by atoms with Crippen LogP contribution in [0.2, 0.25) is 0 Å². The Bertz CT molecular complexity index is 1550. The van der Waals surface area contributed by atoms with Gasteiger partial charge in [0.15, 0.2) is 5.82 Å². The van der Waals surface area contributed by atoms with E-state index in [2.05, 4.69) is 35.5 Å². The first-order valence-electron chi connectivity index (χ1n) is 12.2. The van der Waals surface area contributed by atoms with Crippen molar-refractivity contribution in [3.8, 4) is 21.7 Å². The maximum Gasteiger partial charge on any atom is 0.223 e. The van der Waals surface area contributed by atoms with Crippen molar-refractivity contribution in [2.24, 2.45) is 0 Å². The van der Waals surface area contributed by atoms with E-state index in [1.807, 2.05) is 24.3 Å². The number of ether oxygens (including phenoxy) is 1. The average Bonchev–Trinajstić information content (AvgIpc) is 3.61. The molecule has 1 saturated heterocycles. The minimum absolute atomic E-state index is 0.213. The van der Waals surface area contributed by atoms with E-state index in [0.717, 1.165) is 39.9 Å². The number of anilines is 1. The van der Waals surface area contributed by atoms with Crippen molar-refractivity contribution in [1.82, 2.24) is 34.8 Å². The van der Waals surface area contributed by atoms with Gasteiger partial charge in [-0.1, -0.05) is 23.4 Å². The molecule has 4 aromatic heterocycles. The number of aromatic nitrogens is 6. The summed E-state index contributed by atoms with van der Waals surface area (Å²) in [6, 6.07) is 9.25. The maximum atomic E-state index is 14.9. The first kappa shape index (κ1) is 24.5. The Labute approximate surface area is 221 Å². The Morgan fingerprint density at radius 3 is 2.79 bits per heavy atom. The summed E-state index contributed by atoms with van der Waals surface area (Å²) in [6.07, 6.45) is 6.14. The summed E-state index contributed by atoms with van der Waals surface area (Å²) in [5, 5.41) is 11.7. The summed E-state index contributed by atoms with van der Waals surface area (Å²) in [4.78, 5) is 15.4. The molecule has 0 spiro atoms. The summed E-state index contributed by atoms with van der Waals surface area (Å²) < 4.78 is 37.3. The highest BCUT2D eigenvalue weighted by Gasteiger charge is 2.19. The van der Waals surface area contributed by atoms with E-state index in [1.165, 1.54) is 23.6 Å². The number of pyridine rings is 1. The Hall–Kier alpha value is -3.87. The van der Waals surface area contributed by atoms with Gasteiger partial charge in [0, 0.05) is 54.9 Å². The van der Waals surface area contributed by atoms with Crippen molar-refractivity contribution in [2.75, 3.05) is 38.2 Å². The molecule has 5 heterocycles. The fourth-order valence-electron chi connectivity index (χ4n) is 4.49. The lowest BCUT2D eigenvalue weighted by Crippen LogP contribution is -2.35. The van der Waals surface area contributed by atoms with Crippen LogP contribution in [0.4, 0.5) is 14.7 Å². The molecule has 0 saturated carbocycles. The third kappa shape index (κ3) is 5.23. The molecule has 9 nitrogen and oxygen atoms in total. The van der Waals surface area contributed by atoms with E-state index in [-0.39, 0.29) is 5.69 Å². The van der Waals surface area contributed by atoms with Crippen LogP contribution in [0.25, 0.3) is 31.8 Å². The van der Waals surface area contributed by atoms with Gasteiger partial charge in [-0.05, 0) is 22.6 Å². The summed E-state index contributed by atoms with van der Waals surface area (Å²) in [6.45, 7) is 4.69. The normalized spacial score (nSPS) is 14.3. The predicted molar refractivity (Wildman–Crippen MR) is 141 cm³/mol. The Morgan fingerprint density at radius 1 is 1.05 bits per heavy atom. The standard InChI is InChI=1S/C26H24F2N8OS/c27-21-15-31-26(29-4-6-36-7-5-32-34-36)33-24(21)22-12-17-2-1-3-19(25(17)38-22)20-13-23(28)30-14-18(20)16-35-8-10-37-11-9-35/h1-3,5,7,12-15H,4,6,8-11,16H2,(H,29,31,33). The van der Waals surface area contributed by atoms with Crippen LogP contribution in [0.15, 0.2) is 55.1 Å². The minimum atomic E-state index is -0.539. The topological polar surface area (TPSA) is 93.9 Å². The van der Waals surface area contributed by atoms with Crippen LogP contribution in [-0.4, -0.2) is 67.7 Å². The van der Waals surface area contributed by atoms with Crippen molar-refractivity contribution in [3.05, 3.63) is 72.4 Å². The summed E-state index contributed by atoms with van der Waals surface area (Å²) in [7, 11) is 0. The molecule has 1 aliphatic rings. The van der Waals surface area contributed by atoms with E-state index in [4.69, 9.17) is 4.74 Å². The van der Waals surface area contributed by atoms with E-state index < -0.39 is 11.8 Å². The lowest BCUT2D eigenvalue weighted by molar-refractivity contribution is 0.0342. The molecule has 5 aromatic rings. The highest BCUT2D eigenvalue weighted by atomic mass is 32.1. The molecule has 0 radical (unpaired) electrons. The molecular weight excluding hydrogens is 510 g/mol. The van der Waals surface area contributed by atoms with Crippen molar-refractivity contribution in [2.45, 2.75) is 13.1 Å². The summed E-state index contributed by atoms with van der Waals surface area (Å²) in [5.41, 5.74) is 2.80. The van der Waals surface area contributed by atoms with Gasteiger partial charge >= 0.3 is 0 Å². The molecule has 1 aromatic carbocycles. The highest BCUT2D eigenvalue weighted by molar-refractivity contribution is 7.22. The zero-order valence-corrected chi connectivity index (χ0v) is 21.2. The molecule has 1 aliphatic heterocycles. The molecule has 1 N–H and O–H groups in total. The predicted octanol–water partition coefficient (Wildman–Crippen LogP) is 4.23. The maximum absolute atomic E-state index is 14.9. The van der Waals surface area contributed by atoms with E-state index in [9.17, 15) is 8.78 Å². The van der Waals surface area contributed by atoms with Crippen LogP contribution >= 0.6 is 11.3 Å². The van der Waals surface area contributed by atoms with Crippen LogP contribution < -0.4 is 5.32 Å². The largest absolute Gasteiger partial charge is 0.379 e. The van der Waals surface area contributed by atoms with Gasteiger partial charge in [-0.2, -0.15) is 4.39 Å². The quantitative estimate of drug-likeness (QED) is 0.296. The molecule has 0 bridgehead atoms. The lowest BCUT2D eigenvalue weighted by atomic mass is 10.00. The third-order valence-electron chi connectivity index (χ3n) is 6.36. The van der Waals surface area contributed by atoms with Crippen molar-refractivity contribution >= 4 is 27.4 Å². The fraction of sp³-hybridized carbons (Fsp3) is 0.269. The number of rotatable bonds is 8. The first-order chi connectivity index (χ1) is 18.6. The number of hydrogen-bond acceptors (Lipinski definition) is 9. The number of benzene rings is 1. The number of nitrogens with zero attached hydrogens (tertiary/aromatic N) is 7. The van der Waals surface area contributed by atoms with Gasteiger partial charge in [0.2, 0.25) is 11.9 Å². The van der Waals surface area contributed by atoms with Crippen LogP contribution in [0.3, 0.4) is 0 Å². The molecule has 194 valence electrons. The van der Waals surface area contributed by atoms with Crippen molar-refractivity contribution in [3.63, 3.8) is 0 Å². The van der Waals surface area contributed by atoms with Gasteiger partial charge in [0.25, 0.3) is 0 Å².